The minimum atomic E-state index is -0.351. The lowest BCUT2D eigenvalue weighted by atomic mass is 9.93. The van der Waals surface area contributed by atoms with E-state index in [-0.39, 0.29) is 29.8 Å². The van der Waals surface area contributed by atoms with Crippen molar-refractivity contribution < 1.29 is 19.1 Å². The van der Waals surface area contributed by atoms with Gasteiger partial charge in [-0.15, -0.1) is 0 Å². The Hall–Kier alpha value is -3.15. The molecule has 0 aromatic heterocycles. The molecule has 0 radical (unpaired) electrons. The number of ether oxygens (including phenoxy) is 1. The molecule has 6 heteroatoms. The van der Waals surface area contributed by atoms with E-state index in [2.05, 4.69) is 0 Å². The molecule has 0 spiro atoms. The maximum atomic E-state index is 13.0. The van der Waals surface area contributed by atoms with Crippen LogP contribution in [0, 0.1) is 5.92 Å². The van der Waals surface area contributed by atoms with Crippen molar-refractivity contribution in [2.75, 3.05) is 26.2 Å². The van der Waals surface area contributed by atoms with Crippen LogP contribution in [0.2, 0.25) is 0 Å². The molecule has 2 amide bonds. The van der Waals surface area contributed by atoms with Crippen molar-refractivity contribution in [1.82, 2.24) is 9.80 Å². The number of rotatable bonds is 3. The molecule has 3 aliphatic rings. The van der Waals surface area contributed by atoms with Gasteiger partial charge < -0.3 is 14.5 Å². The smallest absolute Gasteiger partial charge is 0.339 e. The number of hydrogen-bond donors (Lipinski definition) is 0. The first kappa shape index (κ1) is 18.9. The van der Waals surface area contributed by atoms with Gasteiger partial charge in [-0.3, -0.25) is 9.59 Å². The van der Waals surface area contributed by atoms with Crippen LogP contribution in [-0.4, -0.2) is 53.8 Å². The third-order valence-corrected chi connectivity index (χ3v) is 6.20. The number of amides is 2. The summed E-state index contributed by atoms with van der Waals surface area (Å²) in [6.45, 7) is 2.27. The average molecular weight is 404 g/mol. The largest absolute Gasteiger partial charge is 0.454 e. The summed E-state index contributed by atoms with van der Waals surface area (Å²) in [5.41, 5.74) is 2.90. The molecule has 1 unspecified atom stereocenters. The molecule has 2 aromatic carbocycles. The Balaban J connectivity index is 1.30. The first-order valence-corrected chi connectivity index (χ1v) is 10.6. The van der Waals surface area contributed by atoms with Crippen LogP contribution in [0.4, 0.5) is 0 Å². The van der Waals surface area contributed by atoms with Gasteiger partial charge in [-0.25, -0.2) is 4.79 Å². The SMILES string of the molecule is O=C1OC(c2ccccc2)Cc2cc(C(=O)N3CCN(C(=O)C4CC4)CC3)ccc21. The molecule has 1 saturated heterocycles. The van der Waals surface area contributed by atoms with E-state index in [1.165, 1.54) is 0 Å². The Kier molecular flexibility index (Phi) is 4.77. The van der Waals surface area contributed by atoms with Gasteiger partial charge in [0.2, 0.25) is 5.91 Å². The normalized spacial score (nSPS) is 21.1. The molecular formula is C24H24N2O4. The second-order valence-corrected chi connectivity index (χ2v) is 8.27. The quantitative estimate of drug-likeness (QED) is 0.738. The van der Waals surface area contributed by atoms with Gasteiger partial charge in [0.25, 0.3) is 5.91 Å². The number of esters is 1. The van der Waals surface area contributed by atoms with Crippen molar-refractivity contribution in [3.63, 3.8) is 0 Å². The standard InChI is InChI=1S/C24H24N2O4/c27-22(17-6-7-17)25-10-12-26(13-11-25)23(28)18-8-9-20-19(14-18)15-21(30-24(20)29)16-4-2-1-3-5-16/h1-5,8-9,14,17,21H,6-7,10-13,15H2. The summed E-state index contributed by atoms with van der Waals surface area (Å²) < 4.78 is 5.60. The molecule has 2 aromatic rings. The van der Waals surface area contributed by atoms with Crippen LogP contribution >= 0.6 is 0 Å². The van der Waals surface area contributed by atoms with E-state index >= 15 is 0 Å². The van der Waals surface area contributed by atoms with Crippen molar-refractivity contribution in [2.45, 2.75) is 25.4 Å². The van der Waals surface area contributed by atoms with E-state index in [0.717, 1.165) is 24.0 Å². The Morgan fingerprint density at radius 1 is 0.900 bits per heavy atom. The lowest BCUT2D eigenvalue weighted by molar-refractivity contribution is -0.134. The third-order valence-electron chi connectivity index (χ3n) is 6.20. The number of benzene rings is 2. The molecule has 2 aliphatic heterocycles. The van der Waals surface area contributed by atoms with Crippen LogP contribution in [0.5, 0.6) is 0 Å². The molecule has 154 valence electrons. The van der Waals surface area contributed by atoms with Gasteiger partial charge in [0, 0.05) is 44.1 Å². The maximum absolute atomic E-state index is 13.0. The molecule has 0 N–H and O–H groups in total. The molecule has 2 fully saturated rings. The molecule has 30 heavy (non-hydrogen) atoms. The number of fused-ring (bicyclic) bond motifs is 1. The zero-order chi connectivity index (χ0) is 20.7. The highest BCUT2D eigenvalue weighted by atomic mass is 16.5. The van der Waals surface area contributed by atoms with Crippen LogP contribution in [0.1, 0.15) is 50.8 Å². The average Bonchev–Trinajstić information content (AvgIpc) is 3.64. The second-order valence-electron chi connectivity index (χ2n) is 8.27. The van der Waals surface area contributed by atoms with E-state index in [9.17, 15) is 14.4 Å². The van der Waals surface area contributed by atoms with Crippen molar-refractivity contribution in [3.05, 3.63) is 70.8 Å². The number of hydrogen-bond acceptors (Lipinski definition) is 4. The van der Waals surface area contributed by atoms with Crippen LogP contribution in [0.25, 0.3) is 0 Å². The topological polar surface area (TPSA) is 66.9 Å². The fraction of sp³-hybridized carbons (Fsp3) is 0.375. The van der Waals surface area contributed by atoms with Gasteiger partial charge in [0.15, 0.2) is 0 Å². The number of nitrogens with zero attached hydrogens (tertiary/aromatic N) is 2. The van der Waals surface area contributed by atoms with Gasteiger partial charge in [-0.05, 0) is 42.2 Å². The van der Waals surface area contributed by atoms with Crippen molar-refractivity contribution >= 4 is 17.8 Å². The molecule has 1 aliphatic carbocycles. The number of piperazine rings is 1. The van der Waals surface area contributed by atoms with Crippen molar-refractivity contribution in [3.8, 4) is 0 Å². The summed E-state index contributed by atoms with van der Waals surface area (Å²) in [6, 6.07) is 14.9. The van der Waals surface area contributed by atoms with Crippen molar-refractivity contribution in [2.24, 2.45) is 5.92 Å². The van der Waals surface area contributed by atoms with Gasteiger partial charge in [0.05, 0.1) is 5.56 Å². The molecule has 6 nitrogen and oxygen atoms in total. The lowest BCUT2D eigenvalue weighted by Crippen LogP contribution is -2.51. The van der Waals surface area contributed by atoms with Crippen LogP contribution < -0.4 is 0 Å². The van der Waals surface area contributed by atoms with E-state index < -0.39 is 0 Å². The predicted molar refractivity (Wildman–Crippen MR) is 110 cm³/mol. The molecule has 1 saturated carbocycles. The van der Waals surface area contributed by atoms with E-state index in [1.807, 2.05) is 41.3 Å². The highest BCUT2D eigenvalue weighted by molar-refractivity contribution is 5.98. The van der Waals surface area contributed by atoms with Gasteiger partial charge >= 0.3 is 5.97 Å². The molecule has 2 heterocycles. The predicted octanol–water partition coefficient (Wildman–Crippen LogP) is 2.84. The van der Waals surface area contributed by atoms with Crippen LogP contribution in [-0.2, 0) is 16.0 Å². The number of carbonyl (C=O) groups is 3. The van der Waals surface area contributed by atoms with Crippen LogP contribution in [0.3, 0.4) is 0 Å². The summed E-state index contributed by atoms with van der Waals surface area (Å²) in [5.74, 6) is 0.0504. The Labute approximate surface area is 175 Å². The number of cyclic esters (lactones) is 1. The minimum absolute atomic E-state index is 0.0495. The molecule has 0 bridgehead atoms. The molecular weight excluding hydrogens is 380 g/mol. The van der Waals surface area contributed by atoms with E-state index in [1.54, 1.807) is 17.0 Å². The minimum Gasteiger partial charge on any atom is -0.454 e. The fourth-order valence-electron chi connectivity index (χ4n) is 4.28. The first-order valence-electron chi connectivity index (χ1n) is 10.6. The van der Waals surface area contributed by atoms with E-state index in [4.69, 9.17) is 4.74 Å². The Morgan fingerprint density at radius 2 is 1.60 bits per heavy atom. The second kappa shape index (κ2) is 7.59. The zero-order valence-electron chi connectivity index (χ0n) is 16.8. The van der Waals surface area contributed by atoms with E-state index in [0.29, 0.717) is 43.7 Å². The van der Waals surface area contributed by atoms with Crippen molar-refractivity contribution in [1.29, 1.82) is 0 Å². The Bertz CT molecular complexity index is 992. The summed E-state index contributed by atoms with van der Waals surface area (Å²) in [7, 11) is 0. The first-order chi connectivity index (χ1) is 14.6. The highest BCUT2D eigenvalue weighted by Gasteiger charge is 2.35. The third kappa shape index (κ3) is 3.58. The molecule has 5 rings (SSSR count). The highest BCUT2D eigenvalue weighted by Crippen LogP contribution is 2.32. The summed E-state index contributed by atoms with van der Waals surface area (Å²) in [5, 5.41) is 0. The summed E-state index contributed by atoms with van der Waals surface area (Å²) >= 11 is 0. The van der Waals surface area contributed by atoms with Gasteiger partial charge in [0.1, 0.15) is 6.10 Å². The van der Waals surface area contributed by atoms with Crippen LogP contribution in [0.15, 0.2) is 48.5 Å². The lowest BCUT2D eigenvalue weighted by Gasteiger charge is -2.35. The monoisotopic (exact) mass is 404 g/mol. The summed E-state index contributed by atoms with van der Waals surface area (Å²) in [4.78, 5) is 41.4. The maximum Gasteiger partial charge on any atom is 0.339 e. The van der Waals surface area contributed by atoms with Gasteiger partial charge in [-0.2, -0.15) is 0 Å². The molecule has 1 atom stereocenters. The summed E-state index contributed by atoms with van der Waals surface area (Å²) in [6.07, 6.45) is 2.21. The Morgan fingerprint density at radius 3 is 2.30 bits per heavy atom. The zero-order valence-corrected chi connectivity index (χ0v) is 16.8. The van der Waals surface area contributed by atoms with Gasteiger partial charge in [-0.1, -0.05) is 30.3 Å². The fourth-order valence-corrected chi connectivity index (χ4v) is 4.28. The number of carbonyl (C=O) groups excluding carboxylic acids is 3.